The lowest BCUT2D eigenvalue weighted by molar-refractivity contribution is -0.380. The predicted octanol–water partition coefficient (Wildman–Crippen LogP) is 7.12. The van der Waals surface area contributed by atoms with Crippen LogP contribution < -0.4 is 10.2 Å². The number of thiophene rings is 1. The van der Waals surface area contributed by atoms with Crippen LogP contribution in [-0.4, -0.2) is 29.1 Å². The van der Waals surface area contributed by atoms with E-state index in [4.69, 9.17) is 4.74 Å². The maximum absolute atomic E-state index is 13.2. The van der Waals surface area contributed by atoms with Gasteiger partial charge in [-0.1, -0.05) is 43.7 Å². The van der Waals surface area contributed by atoms with E-state index in [0.29, 0.717) is 28.4 Å². The molecular weight excluding hydrogens is 466 g/mol. The summed E-state index contributed by atoms with van der Waals surface area (Å²) in [4.78, 5) is 38.3. The first-order valence-corrected chi connectivity index (χ1v) is 12.2. The fourth-order valence-electron chi connectivity index (χ4n) is 3.39. The van der Waals surface area contributed by atoms with Crippen molar-refractivity contribution in [3.63, 3.8) is 0 Å². The number of hydrogen-bond acceptors (Lipinski definition) is 6. The molecule has 8 nitrogen and oxygen atoms in total. The second kappa shape index (κ2) is 11.1. The molecule has 2 aromatic carbocycles. The zero-order chi connectivity index (χ0) is 25.6. The summed E-state index contributed by atoms with van der Waals surface area (Å²) in [5.74, 6) is -0.399. The van der Waals surface area contributed by atoms with Crippen molar-refractivity contribution >= 4 is 39.0 Å². The fourth-order valence-corrected chi connectivity index (χ4v) is 4.10. The standard InChI is InChI=1S/C26H29N3O5S/c1-5-6-16-28(25(31)34-26(2,3)4)19-12-13-20(21(17-19)18-10-8-7-9-11-18)24(30)27-22-14-15-23(35-22)29(32)33/h7-15,17H,5-6,16H2,1-4H3,(H,27,30). The van der Waals surface area contributed by atoms with Crippen LogP contribution >= 0.6 is 11.3 Å². The van der Waals surface area contributed by atoms with E-state index in [1.807, 2.05) is 58.0 Å². The van der Waals surface area contributed by atoms with E-state index in [0.717, 1.165) is 29.7 Å². The van der Waals surface area contributed by atoms with Crippen molar-refractivity contribution in [2.45, 2.75) is 46.1 Å². The molecule has 9 heteroatoms. The van der Waals surface area contributed by atoms with Gasteiger partial charge < -0.3 is 10.1 Å². The third-order valence-electron chi connectivity index (χ3n) is 5.00. The van der Waals surface area contributed by atoms with E-state index >= 15 is 0 Å². The molecule has 35 heavy (non-hydrogen) atoms. The Hall–Kier alpha value is -3.72. The summed E-state index contributed by atoms with van der Waals surface area (Å²) >= 11 is 0.891. The number of unbranched alkanes of at least 4 members (excludes halogenated alkanes) is 1. The molecular formula is C26H29N3O5S. The second-order valence-electron chi connectivity index (χ2n) is 8.93. The molecule has 1 heterocycles. The first-order valence-electron chi connectivity index (χ1n) is 11.3. The van der Waals surface area contributed by atoms with Gasteiger partial charge in [0.15, 0.2) is 0 Å². The summed E-state index contributed by atoms with van der Waals surface area (Å²) in [6.07, 6.45) is 1.24. The molecule has 1 aromatic heterocycles. The Kier molecular flexibility index (Phi) is 8.24. The number of hydrogen-bond donors (Lipinski definition) is 1. The lowest BCUT2D eigenvalue weighted by Gasteiger charge is -2.28. The number of carbonyl (C=O) groups excluding carboxylic acids is 2. The Morgan fingerprint density at radius 2 is 1.80 bits per heavy atom. The van der Waals surface area contributed by atoms with Crippen molar-refractivity contribution in [3.8, 4) is 11.1 Å². The lowest BCUT2D eigenvalue weighted by atomic mass is 9.98. The van der Waals surface area contributed by atoms with Crippen LogP contribution in [0.5, 0.6) is 0 Å². The largest absolute Gasteiger partial charge is 0.443 e. The van der Waals surface area contributed by atoms with Gasteiger partial charge in [0, 0.05) is 23.9 Å². The smallest absolute Gasteiger partial charge is 0.414 e. The summed E-state index contributed by atoms with van der Waals surface area (Å²) < 4.78 is 5.63. The van der Waals surface area contributed by atoms with Crippen molar-refractivity contribution in [3.05, 3.63) is 76.3 Å². The minimum atomic E-state index is -0.646. The Labute approximate surface area is 208 Å². The van der Waals surface area contributed by atoms with Crippen LogP contribution in [0.2, 0.25) is 0 Å². The average molecular weight is 496 g/mol. The maximum atomic E-state index is 13.2. The van der Waals surface area contributed by atoms with Gasteiger partial charge in [0.25, 0.3) is 5.91 Å². The summed E-state index contributed by atoms with van der Waals surface area (Å²) in [6.45, 7) is 7.98. The number of carbonyl (C=O) groups is 2. The van der Waals surface area contributed by atoms with Crippen molar-refractivity contribution in [1.29, 1.82) is 0 Å². The molecule has 0 spiro atoms. The molecule has 0 saturated carbocycles. The van der Waals surface area contributed by atoms with Crippen LogP contribution in [0.25, 0.3) is 11.1 Å². The van der Waals surface area contributed by atoms with Crippen LogP contribution in [0.15, 0.2) is 60.7 Å². The van der Waals surface area contributed by atoms with Crippen LogP contribution in [0.1, 0.15) is 50.9 Å². The van der Waals surface area contributed by atoms with Crippen molar-refractivity contribution in [1.82, 2.24) is 0 Å². The molecule has 0 unspecified atom stereocenters. The molecule has 0 atom stereocenters. The number of rotatable bonds is 8. The Morgan fingerprint density at radius 3 is 2.40 bits per heavy atom. The average Bonchev–Trinajstić information content (AvgIpc) is 3.27. The van der Waals surface area contributed by atoms with Gasteiger partial charge in [-0.3, -0.25) is 19.8 Å². The van der Waals surface area contributed by atoms with Gasteiger partial charge in [0.2, 0.25) is 0 Å². The second-order valence-corrected chi connectivity index (χ2v) is 9.99. The quantitative estimate of drug-likeness (QED) is 0.265. The summed E-state index contributed by atoms with van der Waals surface area (Å²) in [5, 5.41) is 14.1. The molecule has 0 aliphatic rings. The molecule has 0 radical (unpaired) electrons. The SMILES string of the molecule is CCCCN(C(=O)OC(C)(C)C)c1ccc(C(=O)Nc2ccc([N+](=O)[O-])s2)c(-c2ccccc2)c1. The number of nitro groups is 1. The highest BCUT2D eigenvalue weighted by molar-refractivity contribution is 7.19. The Bertz CT molecular complexity index is 1200. The van der Waals surface area contributed by atoms with Crippen LogP contribution in [0.4, 0.5) is 20.5 Å². The maximum Gasteiger partial charge on any atom is 0.414 e. The van der Waals surface area contributed by atoms with Gasteiger partial charge in [-0.25, -0.2) is 4.79 Å². The summed E-state index contributed by atoms with van der Waals surface area (Å²) in [7, 11) is 0. The highest BCUT2D eigenvalue weighted by Gasteiger charge is 2.25. The molecule has 0 aliphatic heterocycles. The van der Waals surface area contributed by atoms with Gasteiger partial charge in [-0.15, -0.1) is 0 Å². The van der Waals surface area contributed by atoms with E-state index in [9.17, 15) is 19.7 Å². The molecule has 1 N–H and O–H groups in total. The highest BCUT2D eigenvalue weighted by atomic mass is 32.1. The monoisotopic (exact) mass is 495 g/mol. The topological polar surface area (TPSA) is 102 Å². The molecule has 3 rings (SSSR count). The molecule has 0 bridgehead atoms. The molecule has 0 aliphatic carbocycles. The minimum Gasteiger partial charge on any atom is -0.443 e. The zero-order valence-corrected chi connectivity index (χ0v) is 21.1. The molecule has 2 amide bonds. The fraction of sp³-hybridized carbons (Fsp3) is 0.308. The number of nitrogens with zero attached hydrogens (tertiary/aromatic N) is 2. The highest BCUT2D eigenvalue weighted by Crippen LogP contribution is 2.32. The third kappa shape index (κ3) is 6.89. The van der Waals surface area contributed by atoms with Crippen LogP contribution in [0, 0.1) is 10.1 Å². The van der Waals surface area contributed by atoms with E-state index in [1.165, 1.54) is 12.1 Å². The molecule has 3 aromatic rings. The van der Waals surface area contributed by atoms with Crippen molar-refractivity contribution in [2.24, 2.45) is 0 Å². The lowest BCUT2D eigenvalue weighted by Crippen LogP contribution is -2.37. The molecule has 0 fully saturated rings. The first-order chi connectivity index (χ1) is 16.6. The Morgan fingerprint density at radius 1 is 1.09 bits per heavy atom. The van der Waals surface area contributed by atoms with E-state index < -0.39 is 22.5 Å². The van der Waals surface area contributed by atoms with E-state index in [-0.39, 0.29) is 5.00 Å². The Balaban J connectivity index is 2.01. The minimum absolute atomic E-state index is 0.0529. The summed E-state index contributed by atoms with van der Waals surface area (Å²) in [6, 6.07) is 17.4. The zero-order valence-electron chi connectivity index (χ0n) is 20.2. The van der Waals surface area contributed by atoms with Gasteiger partial charge >= 0.3 is 11.1 Å². The van der Waals surface area contributed by atoms with E-state index in [2.05, 4.69) is 5.32 Å². The normalized spacial score (nSPS) is 11.1. The summed E-state index contributed by atoms with van der Waals surface area (Å²) in [5.41, 5.74) is 1.80. The van der Waals surface area contributed by atoms with Crippen LogP contribution in [0.3, 0.4) is 0 Å². The third-order valence-corrected chi connectivity index (χ3v) is 5.95. The first kappa shape index (κ1) is 25.9. The van der Waals surface area contributed by atoms with Gasteiger partial charge in [0.05, 0.1) is 4.92 Å². The van der Waals surface area contributed by atoms with Crippen molar-refractivity contribution < 1.29 is 19.2 Å². The van der Waals surface area contributed by atoms with Crippen molar-refractivity contribution in [2.75, 3.05) is 16.8 Å². The number of amides is 2. The van der Waals surface area contributed by atoms with Crippen LogP contribution in [-0.2, 0) is 4.74 Å². The predicted molar refractivity (Wildman–Crippen MR) is 139 cm³/mol. The number of benzene rings is 2. The van der Waals surface area contributed by atoms with E-state index in [1.54, 1.807) is 23.1 Å². The van der Waals surface area contributed by atoms with Gasteiger partial charge in [0.1, 0.15) is 10.6 Å². The molecule has 0 saturated heterocycles. The molecule has 184 valence electrons. The van der Waals surface area contributed by atoms with Gasteiger partial charge in [-0.2, -0.15) is 0 Å². The number of ether oxygens (including phenoxy) is 1. The number of nitrogens with one attached hydrogen (secondary N) is 1. The number of anilines is 2. The van der Waals surface area contributed by atoms with Gasteiger partial charge in [-0.05, 0) is 73.9 Å².